The Hall–Kier alpha value is -0.870. The van der Waals surface area contributed by atoms with Gasteiger partial charge in [-0.1, -0.05) is 28.1 Å². The highest BCUT2D eigenvalue weighted by molar-refractivity contribution is 9.10. The molecule has 3 N–H and O–H groups in total. The number of nitrogens with one attached hydrogen (secondary N) is 1. The van der Waals surface area contributed by atoms with Crippen LogP contribution in [-0.4, -0.2) is 11.9 Å². The van der Waals surface area contributed by atoms with Gasteiger partial charge < -0.3 is 11.1 Å². The predicted molar refractivity (Wildman–Crippen MR) is 64.3 cm³/mol. The second kappa shape index (κ2) is 5.28. The molecule has 1 rings (SSSR count). The molecule has 1 aromatic carbocycles. The van der Waals surface area contributed by atoms with Crippen molar-refractivity contribution in [3.63, 3.8) is 0 Å². The van der Waals surface area contributed by atoms with Crippen molar-refractivity contribution < 1.29 is 4.79 Å². The number of halogens is 1. The molecule has 1 aromatic rings. The fourth-order valence-corrected chi connectivity index (χ4v) is 1.62. The number of hydrogen-bond donors (Lipinski definition) is 2. The van der Waals surface area contributed by atoms with Gasteiger partial charge in [0.05, 0.1) is 12.1 Å². The first-order valence-corrected chi connectivity index (χ1v) is 5.61. The maximum Gasteiger partial charge on any atom is 0.237 e. The average Bonchev–Trinajstić information content (AvgIpc) is 2.17. The fourth-order valence-electron chi connectivity index (χ4n) is 1.20. The van der Waals surface area contributed by atoms with Crippen molar-refractivity contribution in [2.45, 2.75) is 25.9 Å². The lowest BCUT2D eigenvalue weighted by molar-refractivity contribution is -0.122. The summed E-state index contributed by atoms with van der Waals surface area (Å²) in [7, 11) is 0. The molecule has 0 saturated carbocycles. The second-order valence-corrected chi connectivity index (χ2v) is 4.49. The Labute approximate surface area is 98.2 Å². The van der Waals surface area contributed by atoms with E-state index in [0.717, 1.165) is 10.0 Å². The maximum absolute atomic E-state index is 11.4. The molecule has 0 fully saturated rings. The number of benzene rings is 1. The highest BCUT2D eigenvalue weighted by Gasteiger charge is 2.12. The highest BCUT2D eigenvalue weighted by atomic mass is 79.9. The lowest BCUT2D eigenvalue weighted by Crippen LogP contribution is -2.39. The standard InChI is InChI=1S/C11H15BrN2O/c1-7(13)11(15)14-8(2)9-4-3-5-10(12)6-9/h3-8H,13H2,1-2H3,(H,14,15)/t7-,8?/m0/s1. The van der Waals surface area contributed by atoms with E-state index in [1.165, 1.54) is 0 Å². The first-order valence-electron chi connectivity index (χ1n) is 4.82. The zero-order chi connectivity index (χ0) is 11.4. The first-order chi connectivity index (χ1) is 7.00. The Balaban J connectivity index is 2.69. The monoisotopic (exact) mass is 270 g/mol. The van der Waals surface area contributed by atoms with Crippen LogP contribution >= 0.6 is 15.9 Å². The van der Waals surface area contributed by atoms with Gasteiger partial charge in [0.2, 0.25) is 5.91 Å². The molecule has 2 atom stereocenters. The minimum absolute atomic E-state index is 0.0269. The van der Waals surface area contributed by atoms with Crippen LogP contribution in [0, 0.1) is 0 Å². The Kier molecular flexibility index (Phi) is 4.29. The van der Waals surface area contributed by atoms with E-state index in [0.29, 0.717) is 0 Å². The lowest BCUT2D eigenvalue weighted by atomic mass is 10.1. The summed E-state index contributed by atoms with van der Waals surface area (Å²) in [6.07, 6.45) is 0. The Morgan fingerprint density at radius 2 is 2.13 bits per heavy atom. The maximum atomic E-state index is 11.4. The minimum Gasteiger partial charge on any atom is -0.348 e. The van der Waals surface area contributed by atoms with Crippen molar-refractivity contribution in [1.29, 1.82) is 0 Å². The van der Waals surface area contributed by atoms with Crippen molar-refractivity contribution in [2.75, 3.05) is 0 Å². The molecule has 0 aromatic heterocycles. The molecule has 0 bridgehead atoms. The van der Waals surface area contributed by atoms with Gasteiger partial charge in [0, 0.05) is 4.47 Å². The summed E-state index contributed by atoms with van der Waals surface area (Å²) in [5.41, 5.74) is 6.52. The summed E-state index contributed by atoms with van der Waals surface area (Å²) in [4.78, 5) is 11.4. The summed E-state index contributed by atoms with van der Waals surface area (Å²) in [6, 6.07) is 7.33. The molecule has 0 heterocycles. The number of carbonyl (C=O) groups is 1. The molecule has 4 heteroatoms. The smallest absolute Gasteiger partial charge is 0.237 e. The topological polar surface area (TPSA) is 55.1 Å². The van der Waals surface area contributed by atoms with Gasteiger partial charge in [-0.2, -0.15) is 0 Å². The largest absolute Gasteiger partial charge is 0.348 e. The van der Waals surface area contributed by atoms with Crippen molar-refractivity contribution in [1.82, 2.24) is 5.32 Å². The average molecular weight is 271 g/mol. The van der Waals surface area contributed by atoms with Gasteiger partial charge in [-0.15, -0.1) is 0 Å². The van der Waals surface area contributed by atoms with Gasteiger partial charge in [0.1, 0.15) is 0 Å². The number of amides is 1. The van der Waals surface area contributed by atoms with Gasteiger partial charge in [0.25, 0.3) is 0 Å². The number of nitrogens with two attached hydrogens (primary N) is 1. The fraction of sp³-hybridized carbons (Fsp3) is 0.364. The number of hydrogen-bond acceptors (Lipinski definition) is 2. The second-order valence-electron chi connectivity index (χ2n) is 3.57. The molecule has 0 radical (unpaired) electrons. The lowest BCUT2D eigenvalue weighted by Gasteiger charge is -2.16. The van der Waals surface area contributed by atoms with E-state index in [2.05, 4.69) is 21.2 Å². The van der Waals surface area contributed by atoms with Gasteiger partial charge in [-0.3, -0.25) is 4.79 Å². The molecular weight excluding hydrogens is 256 g/mol. The molecule has 0 saturated heterocycles. The summed E-state index contributed by atoms with van der Waals surface area (Å²) in [5, 5.41) is 2.84. The van der Waals surface area contributed by atoms with E-state index in [9.17, 15) is 4.79 Å². The zero-order valence-electron chi connectivity index (χ0n) is 8.83. The van der Waals surface area contributed by atoms with Gasteiger partial charge >= 0.3 is 0 Å². The third-order valence-corrected chi connectivity index (χ3v) is 2.61. The number of rotatable bonds is 3. The van der Waals surface area contributed by atoms with Gasteiger partial charge in [0.15, 0.2) is 0 Å². The Bertz CT molecular complexity index is 352. The van der Waals surface area contributed by atoms with Crippen molar-refractivity contribution in [3.8, 4) is 0 Å². The van der Waals surface area contributed by atoms with Crippen LogP contribution < -0.4 is 11.1 Å². The molecule has 0 aliphatic heterocycles. The Morgan fingerprint density at radius 1 is 1.47 bits per heavy atom. The van der Waals surface area contributed by atoms with E-state index < -0.39 is 6.04 Å². The molecule has 0 aliphatic carbocycles. The quantitative estimate of drug-likeness (QED) is 0.883. The van der Waals surface area contributed by atoms with E-state index in [1.807, 2.05) is 31.2 Å². The van der Waals surface area contributed by atoms with E-state index in [1.54, 1.807) is 6.92 Å². The van der Waals surface area contributed by atoms with Crippen LogP contribution in [-0.2, 0) is 4.79 Å². The molecule has 1 unspecified atom stereocenters. The molecule has 82 valence electrons. The van der Waals surface area contributed by atoms with Crippen molar-refractivity contribution in [2.24, 2.45) is 5.73 Å². The van der Waals surface area contributed by atoms with Crippen LogP contribution in [0.5, 0.6) is 0 Å². The van der Waals surface area contributed by atoms with Crippen molar-refractivity contribution >= 4 is 21.8 Å². The molecule has 0 aliphatic rings. The van der Waals surface area contributed by atoms with Crippen LogP contribution in [0.3, 0.4) is 0 Å². The highest BCUT2D eigenvalue weighted by Crippen LogP contribution is 2.17. The summed E-state index contributed by atoms with van der Waals surface area (Å²) in [5.74, 6) is -0.137. The first kappa shape index (κ1) is 12.2. The van der Waals surface area contributed by atoms with Crippen LogP contribution in [0.2, 0.25) is 0 Å². The SMILES string of the molecule is CC(NC(=O)[C@H](C)N)c1cccc(Br)c1. The van der Waals surface area contributed by atoms with E-state index in [-0.39, 0.29) is 11.9 Å². The Morgan fingerprint density at radius 3 is 2.67 bits per heavy atom. The normalized spacial score (nSPS) is 14.4. The van der Waals surface area contributed by atoms with Crippen LogP contribution in [0.4, 0.5) is 0 Å². The van der Waals surface area contributed by atoms with Crippen LogP contribution in [0.25, 0.3) is 0 Å². The predicted octanol–water partition coefficient (Wildman–Crippen LogP) is 1.97. The van der Waals surface area contributed by atoms with Crippen LogP contribution in [0.1, 0.15) is 25.5 Å². The molecule has 15 heavy (non-hydrogen) atoms. The van der Waals surface area contributed by atoms with Gasteiger partial charge in [-0.25, -0.2) is 0 Å². The zero-order valence-corrected chi connectivity index (χ0v) is 10.4. The summed E-state index contributed by atoms with van der Waals surface area (Å²) in [6.45, 7) is 3.60. The van der Waals surface area contributed by atoms with E-state index >= 15 is 0 Å². The molecule has 3 nitrogen and oxygen atoms in total. The third-order valence-electron chi connectivity index (χ3n) is 2.12. The van der Waals surface area contributed by atoms with Crippen molar-refractivity contribution in [3.05, 3.63) is 34.3 Å². The van der Waals surface area contributed by atoms with E-state index in [4.69, 9.17) is 5.73 Å². The third kappa shape index (κ3) is 3.64. The summed E-state index contributed by atoms with van der Waals surface area (Å²) >= 11 is 3.39. The molecular formula is C11H15BrN2O. The minimum atomic E-state index is -0.473. The summed E-state index contributed by atoms with van der Waals surface area (Å²) < 4.78 is 1.00. The van der Waals surface area contributed by atoms with Gasteiger partial charge in [-0.05, 0) is 31.5 Å². The van der Waals surface area contributed by atoms with Crippen LogP contribution in [0.15, 0.2) is 28.7 Å². The molecule has 1 amide bonds. The number of carbonyl (C=O) groups excluding carboxylic acids is 1. The molecule has 0 spiro atoms.